The van der Waals surface area contributed by atoms with Crippen molar-refractivity contribution < 1.29 is 4.39 Å². The molecule has 0 aliphatic carbocycles. The second-order valence-electron chi connectivity index (χ2n) is 10.7. The van der Waals surface area contributed by atoms with Crippen LogP contribution in [0.4, 0.5) is 16.0 Å². The molecule has 0 atom stereocenters. The fourth-order valence-corrected chi connectivity index (χ4v) is 4.73. The molecule has 188 valence electrons. The van der Waals surface area contributed by atoms with Gasteiger partial charge in [0.15, 0.2) is 11.5 Å². The van der Waals surface area contributed by atoms with Crippen molar-refractivity contribution in [3.05, 3.63) is 69.0 Å². The first-order chi connectivity index (χ1) is 17.0. The summed E-state index contributed by atoms with van der Waals surface area (Å²) in [4.78, 5) is 27.2. The van der Waals surface area contributed by atoms with Crippen molar-refractivity contribution in [3.8, 4) is 5.82 Å². The number of halogens is 1. The van der Waals surface area contributed by atoms with E-state index >= 15 is 0 Å². The molecule has 0 spiro atoms. The molecule has 0 saturated heterocycles. The van der Waals surface area contributed by atoms with E-state index in [-0.39, 0.29) is 17.4 Å². The summed E-state index contributed by atoms with van der Waals surface area (Å²) in [7, 11) is 0. The Balaban J connectivity index is 1.66. The third-order valence-electron chi connectivity index (χ3n) is 6.55. The SMILES string of the molecule is Cc1cc2c(cc1Nc1ncc3c(=O)n(C(C)C)n(-c4ccc(F)c(C(C)(C)C)n4)c3n1)CNCC2. The number of anilines is 2. The molecule has 4 heterocycles. The molecule has 0 fully saturated rings. The van der Waals surface area contributed by atoms with E-state index in [1.807, 2.05) is 34.6 Å². The highest BCUT2D eigenvalue weighted by Gasteiger charge is 2.25. The highest BCUT2D eigenvalue weighted by molar-refractivity contribution is 5.77. The van der Waals surface area contributed by atoms with E-state index in [9.17, 15) is 9.18 Å². The predicted octanol–water partition coefficient (Wildman–Crippen LogP) is 4.69. The van der Waals surface area contributed by atoms with Crippen molar-refractivity contribution in [1.29, 1.82) is 0 Å². The molecule has 36 heavy (non-hydrogen) atoms. The van der Waals surface area contributed by atoms with Gasteiger partial charge in [0.25, 0.3) is 5.56 Å². The third-order valence-corrected chi connectivity index (χ3v) is 6.55. The topological polar surface area (TPSA) is 89.7 Å². The number of benzene rings is 1. The zero-order valence-corrected chi connectivity index (χ0v) is 21.6. The van der Waals surface area contributed by atoms with Crippen LogP contribution in [0.5, 0.6) is 0 Å². The zero-order chi connectivity index (χ0) is 25.8. The monoisotopic (exact) mass is 489 g/mol. The molecule has 1 aliphatic rings. The number of hydrogen-bond donors (Lipinski definition) is 2. The number of fused-ring (bicyclic) bond motifs is 2. The summed E-state index contributed by atoms with van der Waals surface area (Å²) in [6.45, 7) is 13.4. The Morgan fingerprint density at radius 2 is 1.92 bits per heavy atom. The van der Waals surface area contributed by atoms with E-state index in [1.165, 1.54) is 17.2 Å². The van der Waals surface area contributed by atoms with E-state index < -0.39 is 5.41 Å². The lowest BCUT2D eigenvalue weighted by Crippen LogP contribution is -2.25. The van der Waals surface area contributed by atoms with Gasteiger partial charge in [-0.1, -0.05) is 26.8 Å². The summed E-state index contributed by atoms with van der Waals surface area (Å²) < 4.78 is 17.9. The van der Waals surface area contributed by atoms with Crippen LogP contribution in [0, 0.1) is 12.7 Å². The summed E-state index contributed by atoms with van der Waals surface area (Å²) in [6, 6.07) is 7.14. The molecule has 0 amide bonds. The number of aromatic nitrogens is 5. The Hall–Kier alpha value is -3.59. The smallest absolute Gasteiger partial charge is 0.278 e. The minimum atomic E-state index is -0.507. The number of aryl methyl sites for hydroxylation is 1. The molecular formula is C27H32FN7O. The number of nitrogens with zero attached hydrogens (tertiary/aromatic N) is 5. The van der Waals surface area contributed by atoms with Crippen molar-refractivity contribution in [2.75, 3.05) is 11.9 Å². The highest BCUT2D eigenvalue weighted by atomic mass is 19.1. The van der Waals surface area contributed by atoms with Crippen LogP contribution in [0.1, 0.15) is 63.0 Å². The van der Waals surface area contributed by atoms with E-state index in [1.54, 1.807) is 21.6 Å². The number of rotatable bonds is 4. The fourth-order valence-electron chi connectivity index (χ4n) is 4.73. The molecule has 9 heteroatoms. The van der Waals surface area contributed by atoms with Crippen LogP contribution >= 0.6 is 0 Å². The van der Waals surface area contributed by atoms with E-state index in [0.29, 0.717) is 28.5 Å². The lowest BCUT2D eigenvalue weighted by molar-refractivity contribution is 0.462. The number of hydrogen-bond acceptors (Lipinski definition) is 6. The van der Waals surface area contributed by atoms with Gasteiger partial charge in [0.1, 0.15) is 11.2 Å². The average molecular weight is 490 g/mol. The van der Waals surface area contributed by atoms with Gasteiger partial charge in [-0.2, -0.15) is 4.98 Å². The Kier molecular flexibility index (Phi) is 5.90. The van der Waals surface area contributed by atoms with E-state index in [2.05, 4.69) is 39.7 Å². The van der Waals surface area contributed by atoms with Crippen molar-refractivity contribution >= 4 is 22.7 Å². The summed E-state index contributed by atoms with van der Waals surface area (Å²) in [5.74, 6) is 0.431. The second kappa shape index (κ2) is 8.81. The molecule has 1 aliphatic heterocycles. The molecule has 8 nitrogen and oxygen atoms in total. The maximum atomic E-state index is 14.6. The van der Waals surface area contributed by atoms with Crippen LogP contribution in [-0.4, -0.2) is 30.9 Å². The van der Waals surface area contributed by atoms with Crippen LogP contribution in [0.3, 0.4) is 0 Å². The van der Waals surface area contributed by atoms with Crippen LogP contribution in [0.25, 0.3) is 16.9 Å². The quantitative estimate of drug-likeness (QED) is 0.432. The molecule has 3 aromatic heterocycles. The zero-order valence-electron chi connectivity index (χ0n) is 21.6. The molecule has 0 saturated carbocycles. The van der Waals surface area contributed by atoms with E-state index in [4.69, 9.17) is 4.98 Å². The van der Waals surface area contributed by atoms with Gasteiger partial charge in [-0.15, -0.1) is 0 Å². The van der Waals surface area contributed by atoms with E-state index in [0.717, 1.165) is 30.8 Å². The van der Waals surface area contributed by atoms with Gasteiger partial charge in [0.2, 0.25) is 5.95 Å². The molecule has 0 bridgehead atoms. The third kappa shape index (κ3) is 4.17. The average Bonchev–Trinajstić information content (AvgIpc) is 3.11. The van der Waals surface area contributed by atoms with Crippen LogP contribution in [0.15, 0.2) is 35.3 Å². The second-order valence-corrected chi connectivity index (χ2v) is 10.7. The molecule has 4 aromatic rings. The Labute approximate surface area is 209 Å². The van der Waals surface area contributed by atoms with Gasteiger partial charge in [0.05, 0.1) is 5.69 Å². The largest absolute Gasteiger partial charge is 0.324 e. The highest BCUT2D eigenvalue weighted by Crippen LogP contribution is 2.28. The first-order valence-corrected chi connectivity index (χ1v) is 12.3. The van der Waals surface area contributed by atoms with Crippen LogP contribution in [-0.2, 0) is 18.4 Å². The Morgan fingerprint density at radius 3 is 2.64 bits per heavy atom. The number of pyridine rings is 1. The molecule has 0 radical (unpaired) electrons. The maximum Gasteiger partial charge on any atom is 0.278 e. The summed E-state index contributed by atoms with van der Waals surface area (Å²) in [6.07, 6.45) is 2.56. The van der Waals surface area contributed by atoms with Crippen LogP contribution in [0.2, 0.25) is 0 Å². The minimum Gasteiger partial charge on any atom is -0.324 e. The summed E-state index contributed by atoms with van der Waals surface area (Å²) >= 11 is 0. The Bertz CT molecular complexity index is 1530. The van der Waals surface area contributed by atoms with Gasteiger partial charge >= 0.3 is 0 Å². The molecule has 2 N–H and O–H groups in total. The molecular weight excluding hydrogens is 457 g/mol. The normalized spacial score (nSPS) is 13.9. The van der Waals surface area contributed by atoms with Gasteiger partial charge < -0.3 is 10.6 Å². The molecule has 5 rings (SSSR count). The predicted molar refractivity (Wildman–Crippen MR) is 140 cm³/mol. The standard InChI is InChI=1S/C27H32FN7O/c1-15(2)34-25(36)19-14-30-26(31-21-12-18-13-29-10-9-17(18)11-16(21)3)33-24(19)35(34)22-8-7-20(28)23(32-22)27(4,5)6/h7-8,11-12,14-15,29H,9-10,13H2,1-6H3,(H,30,31,33). The van der Waals surface area contributed by atoms with Crippen molar-refractivity contribution in [3.63, 3.8) is 0 Å². The van der Waals surface area contributed by atoms with Crippen molar-refractivity contribution in [1.82, 2.24) is 29.6 Å². The van der Waals surface area contributed by atoms with Crippen LogP contribution < -0.4 is 16.2 Å². The van der Waals surface area contributed by atoms with Gasteiger partial charge in [-0.05, 0) is 68.6 Å². The first-order valence-electron chi connectivity index (χ1n) is 12.3. The maximum absolute atomic E-state index is 14.6. The number of nitrogens with one attached hydrogen (secondary N) is 2. The molecule has 0 unspecified atom stereocenters. The minimum absolute atomic E-state index is 0.177. The van der Waals surface area contributed by atoms with Crippen molar-refractivity contribution in [2.24, 2.45) is 0 Å². The summed E-state index contributed by atoms with van der Waals surface area (Å²) in [5.41, 5.74) is 4.66. The van der Waals surface area contributed by atoms with Crippen molar-refractivity contribution in [2.45, 2.75) is 66.0 Å². The van der Waals surface area contributed by atoms with Gasteiger partial charge in [0, 0.05) is 29.9 Å². The Morgan fingerprint density at radius 1 is 1.14 bits per heavy atom. The fraction of sp³-hybridized carbons (Fsp3) is 0.407. The lowest BCUT2D eigenvalue weighted by atomic mass is 9.91. The lowest BCUT2D eigenvalue weighted by Gasteiger charge is -2.21. The first kappa shape index (κ1) is 24.1. The van der Waals surface area contributed by atoms with Gasteiger partial charge in [-0.3, -0.25) is 4.79 Å². The molecule has 1 aromatic carbocycles. The summed E-state index contributed by atoms with van der Waals surface area (Å²) in [5, 5.41) is 7.13. The van der Waals surface area contributed by atoms with Gasteiger partial charge in [-0.25, -0.2) is 23.7 Å².